The zero-order chi connectivity index (χ0) is 21.3. The van der Waals surface area contributed by atoms with Gasteiger partial charge in [-0.25, -0.2) is 14.6 Å². The maximum atomic E-state index is 4.75. The van der Waals surface area contributed by atoms with Crippen LogP contribution in [0.5, 0.6) is 0 Å². The van der Waals surface area contributed by atoms with Gasteiger partial charge in [-0.3, -0.25) is 0 Å². The van der Waals surface area contributed by atoms with E-state index < -0.39 is 0 Å². The second kappa shape index (κ2) is 8.09. The van der Waals surface area contributed by atoms with Gasteiger partial charge in [0.05, 0.1) is 12.0 Å². The molecule has 0 aliphatic carbocycles. The summed E-state index contributed by atoms with van der Waals surface area (Å²) >= 11 is 1.79. The van der Waals surface area contributed by atoms with Crippen molar-refractivity contribution < 1.29 is 0 Å². The fraction of sp³-hybridized carbons (Fsp3) is 0.160. The van der Waals surface area contributed by atoms with Gasteiger partial charge in [-0.2, -0.15) is 5.10 Å². The molecule has 2 aromatic carbocycles. The summed E-state index contributed by atoms with van der Waals surface area (Å²) in [5.41, 5.74) is 6.31. The molecule has 5 aromatic rings. The van der Waals surface area contributed by atoms with Crippen LogP contribution in [0.15, 0.2) is 85.8 Å². The summed E-state index contributed by atoms with van der Waals surface area (Å²) in [4.78, 5) is 12.6. The Labute approximate surface area is 190 Å². The van der Waals surface area contributed by atoms with E-state index in [1.165, 1.54) is 21.6 Å². The minimum absolute atomic E-state index is 0.892. The van der Waals surface area contributed by atoms with Crippen molar-refractivity contribution in [3.05, 3.63) is 107 Å². The molecule has 0 amide bonds. The lowest BCUT2D eigenvalue weighted by Gasteiger charge is -2.28. The van der Waals surface area contributed by atoms with Crippen LogP contribution in [0.4, 0.5) is 5.13 Å². The predicted molar refractivity (Wildman–Crippen MR) is 127 cm³/mol. The molecule has 0 unspecified atom stereocenters. The average molecular weight is 439 g/mol. The minimum atomic E-state index is 0.892. The van der Waals surface area contributed by atoms with E-state index in [4.69, 9.17) is 4.98 Å². The molecule has 158 valence electrons. The molecule has 0 fully saturated rings. The molecule has 0 saturated carbocycles. The normalized spacial score (nSPS) is 13.3. The van der Waals surface area contributed by atoms with Crippen LogP contribution < -0.4 is 4.90 Å². The first-order valence-electron chi connectivity index (χ1n) is 10.7. The Morgan fingerprint density at radius 1 is 0.938 bits per heavy atom. The Balaban J connectivity index is 1.16. The second-order valence-corrected chi connectivity index (χ2v) is 9.09. The molecule has 0 atom stereocenters. The number of anilines is 1. The first-order chi connectivity index (χ1) is 15.8. The highest BCUT2D eigenvalue weighted by molar-refractivity contribution is 7.15. The first kappa shape index (κ1) is 19.0. The molecule has 32 heavy (non-hydrogen) atoms. The number of aromatic nitrogens is 5. The van der Waals surface area contributed by atoms with Crippen molar-refractivity contribution in [2.45, 2.75) is 19.4 Å². The Hall–Kier alpha value is -3.71. The van der Waals surface area contributed by atoms with Gasteiger partial charge in [0, 0.05) is 61.1 Å². The zero-order valence-electron chi connectivity index (χ0n) is 17.5. The lowest BCUT2D eigenvalue weighted by molar-refractivity contribution is 0.727. The SMILES string of the molecule is c1cnn(-c2ccc(Cc3cnc(N4CCc5ccc(-n6ccnc6)cc5C4)s3)cc2)c1. The molecule has 6 rings (SSSR count). The number of nitrogens with zero attached hydrogens (tertiary/aromatic N) is 6. The molecule has 1 aliphatic rings. The fourth-order valence-corrected chi connectivity index (χ4v) is 5.16. The largest absolute Gasteiger partial charge is 0.343 e. The lowest BCUT2D eigenvalue weighted by atomic mass is 9.99. The average Bonchev–Trinajstić information content (AvgIpc) is 3.62. The van der Waals surface area contributed by atoms with Crippen molar-refractivity contribution in [2.75, 3.05) is 11.4 Å². The topological polar surface area (TPSA) is 51.8 Å². The molecule has 4 heterocycles. The van der Waals surface area contributed by atoms with Gasteiger partial charge in [0.15, 0.2) is 5.13 Å². The van der Waals surface area contributed by atoms with Crippen molar-refractivity contribution in [1.82, 2.24) is 24.3 Å². The summed E-state index contributed by atoms with van der Waals surface area (Å²) in [6.45, 7) is 1.90. The third-order valence-electron chi connectivity index (χ3n) is 5.90. The predicted octanol–water partition coefficient (Wildman–Crippen LogP) is 4.67. The molecule has 3 aromatic heterocycles. The summed E-state index contributed by atoms with van der Waals surface area (Å²) in [6.07, 6.45) is 13.4. The Bertz CT molecular complexity index is 1320. The van der Waals surface area contributed by atoms with Crippen molar-refractivity contribution in [3.8, 4) is 11.4 Å². The van der Waals surface area contributed by atoms with Crippen molar-refractivity contribution in [1.29, 1.82) is 0 Å². The number of fused-ring (bicyclic) bond motifs is 1. The molecule has 6 nitrogen and oxygen atoms in total. The molecular weight excluding hydrogens is 416 g/mol. The van der Waals surface area contributed by atoms with E-state index in [1.807, 2.05) is 41.9 Å². The molecule has 0 radical (unpaired) electrons. The number of thiazole rings is 1. The standard InChI is InChI=1S/C25H22N6S/c1-9-28-31(11-1)22-5-2-19(3-6-22)14-24-16-27-25(32-24)29-12-8-20-4-7-23(15-21(20)17-29)30-13-10-26-18-30/h1-7,9-11,13,15-16,18H,8,12,14,17H2. The van der Waals surface area contributed by atoms with E-state index >= 15 is 0 Å². The van der Waals surface area contributed by atoms with E-state index in [0.29, 0.717) is 0 Å². The minimum Gasteiger partial charge on any atom is -0.343 e. The van der Waals surface area contributed by atoms with Crippen LogP contribution in [0.3, 0.4) is 0 Å². The first-order valence-corrected chi connectivity index (χ1v) is 11.5. The van der Waals surface area contributed by atoms with E-state index in [9.17, 15) is 0 Å². The molecule has 7 heteroatoms. The summed E-state index contributed by atoms with van der Waals surface area (Å²) in [5.74, 6) is 0. The van der Waals surface area contributed by atoms with Crippen LogP contribution in [0.2, 0.25) is 0 Å². The Kier molecular flexibility index (Phi) is 4.81. The van der Waals surface area contributed by atoms with E-state index in [1.54, 1.807) is 17.5 Å². The maximum Gasteiger partial charge on any atom is 0.185 e. The highest BCUT2D eigenvalue weighted by Crippen LogP contribution is 2.30. The van der Waals surface area contributed by atoms with Gasteiger partial charge < -0.3 is 9.47 Å². The van der Waals surface area contributed by atoms with Crippen LogP contribution >= 0.6 is 11.3 Å². The Morgan fingerprint density at radius 2 is 1.84 bits per heavy atom. The molecule has 1 aliphatic heterocycles. The van der Waals surface area contributed by atoms with Crippen LogP contribution in [0.1, 0.15) is 21.6 Å². The van der Waals surface area contributed by atoms with Crippen molar-refractivity contribution >= 4 is 16.5 Å². The number of hydrogen-bond donors (Lipinski definition) is 0. The highest BCUT2D eigenvalue weighted by Gasteiger charge is 2.19. The van der Waals surface area contributed by atoms with Gasteiger partial charge in [0.2, 0.25) is 0 Å². The molecule has 0 saturated heterocycles. The third kappa shape index (κ3) is 3.71. The second-order valence-electron chi connectivity index (χ2n) is 8.00. The summed E-state index contributed by atoms with van der Waals surface area (Å²) in [7, 11) is 0. The quantitative estimate of drug-likeness (QED) is 0.400. The van der Waals surface area contributed by atoms with Gasteiger partial charge in [-0.05, 0) is 53.4 Å². The highest BCUT2D eigenvalue weighted by atomic mass is 32.1. The van der Waals surface area contributed by atoms with E-state index in [2.05, 4.69) is 62.0 Å². The van der Waals surface area contributed by atoms with E-state index in [0.717, 1.165) is 42.4 Å². The fourth-order valence-electron chi connectivity index (χ4n) is 4.19. The van der Waals surface area contributed by atoms with Crippen LogP contribution in [0.25, 0.3) is 11.4 Å². The van der Waals surface area contributed by atoms with Gasteiger partial charge in [-0.15, -0.1) is 11.3 Å². The number of benzene rings is 2. The molecule has 0 N–H and O–H groups in total. The summed E-state index contributed by atoms with van der Waals surface area (Å²) in [5, 5.41) is 5.39. The number of hydrogen-bond acceptors (Lipinski definition) is 5. The molecule has 0 spiro atoms. The Morgan fingerprint density at radius 3 is 2.66 bits per heavy atom. The van der Waals surface area contributed by atoms with Gasteiger partial charge in [0.1, 0.15) is 0 Å². The summed E-state index contributed by atoms with van der Waals surface area (Å²) in [6, 6.07) is 17.2. The van der Waals surface area contributed by atoms with Crippen LogP contribution in [-0.2, 0) is 19.4 Å². The monoisotopic (exact) mass is 438 g/mol. The third-order valence-corrected chi connectivity index (χ3v) is 6.96. The van der Waals surface area contributed by atoms with Crippen molar-refractivity contribution in [2.24, 2.45) is 0 Å². The van der Waals surface area contributed by atoms with Gasteiger partial charge in [0.25, 0.3) is 0 Å². The van der Waals surface area contributed by atoms with Crippen LogP contribution in [-0.4, -0.2) is 30.9 Å². The van der Waals surface area contributed by atoms with Crippen molar-refractivity contribution in [3.63, 3.8) is 0 Å². The number of rotatable bonds is 5. The van der Waals surface area contributed by atoms with E-state index in [-0.39, 0.29) is 0 Å². The lowest BCUT2D eigenvalue weighted by Crippen LogP contribution is -2.30. The van der Waals surface area contributed by atoms with Crippen LogP contribution in [0, 0.1) is 0 Å². The van der Waals surface area contributed by atoms with Gasteiger partial charge in [-0.1, -0.05) is 18.2 Å². The molecule has 0 bridgehead atoms. The smallest absolute Gasteiger partial charge is 0.185 e. The maximum absolute atomic E-state index is 4.75. The number of imidazole rings is 1. The molecular formula is C25H22N6S. The van der Waals surface area contributed by atoms with Gasteiger partial charge >= 0.3 is 0 Å². The zero-order valence-corrected chi connectivity index (χ0v) is 18.3. The summed E-state index contributed by atoms with van der Waals surface area (Å²) < 4.78 is 3.93.